The van der Waals surface area contributed by atoms with Gasteiger partial charge in [-0.1, -0.05) is 17.7 Å². The van der Waals surface area contributed by atoms with Crippen LogP contribution in [0.5, 0.6) is 0 Å². The number of benzene rings is 1. The van der Waals surface area contributed by atoms with E-state index in [1.54, 1.807) is 25.5 Å². The van der Waals surface area contributed by atoms with E-state index >= 15 is 0 Å². The Morgan fingerprint density at radius 1 is 1.30 bits per heavy atom. The van der Waals surface area contributed by atoms with Gasteiger partial charge in [-0.2, -0.15) is 0 Å². The molecule has 0 amide bonds. The monoisotopic (exact) mass is 336 g/mol. The van der Waals surface area contributed by atoms with Crippen molar-refractivity contribution in [2.75, 3.05) is 7.05 Å². The van der Waals surface area contributed by atoms with Crippen molar-refractivity contribution in [3.8, 4) is 0 Å². The average Bonchev–Trinajstić information content (AvgIpc) is 3.04. The summed E-state index contributed by atoms with van der Waals surface area (Å²) in [5, 5.41) is 13.2. The summed E-state index contributed by atoms with van der Waals surface area (Å²) in [6.07, 6.45) is 7.56. The summed E-state index contributed by atoms with van der Waals surface area (Å²) in [6.45, 7) is 0. The fraction of sp³-hybridized carbons (Fsp3) is 0.500. The van der Waals surface area contributed by atoms with Gasteiger partial charge < -0.3 is 10.4 Å². The number of nitrogens with zero attached hydrogens (tertiary/aromatic N) is 1. The zero-order chi connectivity index (χ0) is 16.4. The van der Waals surface area contributed by atoms with Gasteiger partial charge in [0.1, 0.15) is 5.82 Å². The van der Waals surface area contributed by atoms with Crippen molar-refractivity contribution in [3.63, 3.8) is 0 Å². The summed E-state index contributed by atoms with van der Waals surface area (Å²) >= 11 is 5.88. The highest BCUT2D eigenvalue weighted by Crippen LogP contribution is 2.48. The molecule has 23 heavy (non-hydrogen) atoms. The summed E-state index contributed by atoms with van der Waals surface area (Å²) in [5.41, 5.74) is 1.96. The number of fused-ring (bicyclic) bond motifs is 1. The summed E-state index contributed by atoms with van der Waals surface area (Å²) in [6, 6.07) is 4.76. The van der Waals surface area contributed by atoms with Crippen molar-refractivity contribution >= 4 is 24.0 Å². The second-order valence-electron chi connectivity index (χ2n) is 6.62. The first-order chi connectivity index (χ1) is 11.1. The highest BCUT2D eigenvalue weighted by Gasteiger charge is 2.42. The molecule has 0 aromatic heterocycles. The molecule has 0 aliphatic heterocycles. The topological polar surface area (TPSA) is 44.6 Å². The fourth-order valence-electron chi connectivity index (χ4n) is 4.04. The van der Waals surface area contributed by atoms with Gasteiger partial charge in [-0.05, 0) is 67.2 Å². The largest absolute Gasteiger partial charge is 0.393 e. The van der Waals surface area contributed by atoms with E-state index in [9.17, 15) is 9.50 Å². The highest BCUT2D eigenvalue weighted by atomic mass is 35.5. The number of hydrogen-bond donors (Lipinski definition) is 2. The van der Waals surface area contributed by atoms with E-state index in [0.717, 1.165) is 36.9 Å². The third-order valence-corrected chi connectivity index (χ3v) is 5.35. The second kappa shape index (κ2) is 7.02. The van der Waals surface area contributed by atoms with Gasteiger partial charge in [-0.25, -0.2) is 4.39 Å². The smallest absolute Gasteiger partial charge is 0.141 e. The van der Waals surface area contributed by atoms with Crippen LogP contribution in [0.2, 0.25) is 5.02 Å². The van der Waals surface area contributed by atoms with Crippen molar-refractivity contribution in [1.82, 2.24) is 5.32 Å². The lowest BCUT2D eigenvalue weighted by molar-refractivity contribution is 0.170. The van der Waals surface area contributed by atoms with Crippen LogP contribution in [0.25, 0.3) is 6.08 Å². The lowest BCUT2D eigenvalue weighted by Crippen LogP contribution is -2.18. The molecule has 1 aromatic carbocycles. The maximum Gasteiger partial charge on any atom is 0.141 e. The standard InChI is InChI=1S/C18H22ClFN2O/c1-21-10-22-18(5-11-2-3-17(20)16(19)4-11)14-6-12-8-15(23)9-13(12)7-14/h2-5,10,12-15,23H,6-9H2,1H3,(H,21,22)/b18-5+. The predicted molar refractivity (Wildman–Crippen MR) is 91.9 cm³/mol. The zero-order valence-electron chi connectivity index (χ0n) is 13.2. The first-order valence-electron chi connectivity index (χ1n) is 8.08. The third-order valence-electron chi connectivity index (χ3n) is 5.06. The Morgan fingerprint density at radius 2 is 2.00 bits per heavy atom. The van der Waals surface area contributed by atoms with Crippen LogP contribution in [0.15, 0.2) is 28.9 Å². The van der Waals surface area contributed by atoms with Gasteiger partial charge in [0.05, 0.1) is 17.5 Å². The summed E-state index contributed by atoms with van der Waals surface area (Å²) in [4.78, 5) is 4.00. The molecule has 3 nitrogen and oxygen atoms in total. The second-order valence-corrected chi connectivity index (χ2v) is 7.03. The molecule has 0 spiro atoms. The minimum Gasteiger partial charge on any atom is -0.393 e. The van der Waals surface area contributed by atoms with Crippen LogP contribution in [0.1, 0.15) is 31.2 Å². The minimum absolute atomic E-state index is 0.126. The molecule has 5 heteroatoms. The SMILES string of the molecule is CN=CN/C(=C/c1ccc(F)c(Cl)c1)C1CC2CC(O)CC2C1. The lowest BCUT2D eigenvalue weighted by Gasteiger charge is -2.17. The van der Waals surface area contributed by atoms with Gasteiger partial charge in [0.25, 0.3) is 0 Å². The van der Waals surface area contributed by atoms with E-state index in [2.05, 4.69) is 10.3 Å². The number of halogens is 2. The molecule has 124 valence electrons. The molecule has 2 fully saturated rings. The van der Waals surface area contributed by atoms with Gasteiger partial charge >= 0.3 is 0 Å². The van der Waals surface area contributed by atoms with Gasteiger partial charge in [0, 0.05) is 12.7 Å². The zero-order valence-corrected chi connectivity index (χ0v) is 13.9. The van der Waals surface area contributed by atoms with Crippen LogP contribution < -0.4 is 5.32 Å². The minimum atomic E-state index is -0.405. The van der Waals surface area contributed by atoms with Crippen LogP contribution in [0, 0.1) is 23.6 Å². The molecular formula is C18H22ClFN2O. The molecule has 2 N–H and O–H groups in total. The molecule has 2 atom stereocenters. The maximum absolute atomic E-state index is 13.3. The van der Waals surface area contributed by atoms with Crippen molar-refractivity contribution in [3.05, 3.63) is 40.3 Å². The first-order valence-corrected chi connectivity index (χ1v) is 8.46. The molecule has 2 saturated carbocycles. The Balaban J connectivity index is 1.80. The van der Waals surface area contributed by atoms with E-state index in [4.69, 9.17) is 11.6 Å². The number of nitrogens with one attached hydrogen (secondary N) is 1. The highest BCUT2D eigenvalue weighted by molar-refractivity contribution is 6.30. The van der Waals surface area contributed by atoms with Crippen LogP contribution >= 0.6 is 11.6 Å². The van der Waals surface area contributed by atoms with Crippen molar-refractivity contribution < 1.29 is 9.50 Å². The summed E-state index contributed by atoms with van der Waals surface area (Å²) in [7, 11) is 1.72. The molecule has 2 aliphatic rings. The summed E-state index contributed by atoms with van der Waals surface area (Å²) in [5.74, 6) is 1.23. The van der Waals surface area contributed by atoms with Gasteiger partial charge in [-0.3, -0.25) is 4.99 Å². The van der Waals surface area contributed by atoms with Gasteiger partial charge in [0.15, 0.2) is 0 Å². The number of hydrogen-bond acceptors (Lipinski definition) is 2. The molecule has 0 bridgehead atoms. The van der Waals surface area contributed by atoms with E-state index in [-0.39, 0.29) is 11.1 Å². The van der Waals surface area contributed by atoms with E-state index in [0.29, 0.717) is 17.8 Å². The molecule has 2 unspecified atom stereocenters. The van der Waals surface area contributed by atoms with Crippen LogP contribution in [-0.2, 0) is 0 Å². The van der Waals surface area contributed by atoms with E-state index in [1.165, 1.54) is 6.07 Å². The van der Waals surface area contributed by atoms with Crippen LogP contribution in [0.3, 0.4) is 0 Å². The number of allylic oxidation sites excluding steroid dienone is 1. The Bertz CT molecular complexity index is 617. The van der Waals surface area contributed by atoms with Crippen molar-refractivity contribution in [2.24, 2.45) is 22.7 Å². The maximum atomic E-state index is 13.3. The van der Waals surface area contributed by atoms with Crippen LogP contribution in [-0.4, -0.2) is 24.6 Å². The molecule has 3 rings (SSSR count). The Labute approximate surface area is 141 Å². The molecular weight excluding hydrogens is 315 g/mol. The fourth-order valence-corrected chi connectivity index (χ4v) is 4.23. The Morgan fingerprint density at radius 3 is 2.61 bits per heavy atom. The molecule has 0 radical (unpaired) electrons. The third kappa shape index (κ3) is 3.75. The molecule has 0 heterocycles. The lowest BCUT2D eigenvalue weighted by atomic mass is 9.97. The number of aliphatic hydroxyl groups excluding tert-OH is 1. The molecule has 2 aliphatic carbocycles. The van der Waals surface area contributed by atoms with Crippen molar-refractivity contribution in [1.29, 1.82) is 0 Å². The van der Waals surface area contributed by atoms with Crippen molar-refractivity contribution in [2.45, 2.75) is 31.8 Å². The first kappa shape index (κ1) is 16.5. The Hall–Kier alpha value is -1.39. The van der Waals surface area contributed by atoms with E-state index in [1.807, 2.05) is 6.08 Å². The molecule has 0 saturated heterocycles. The quantitative estimate of drug-likeness (QED) is 0.647. The van der Waals surface area contributed by atoms with E-state index < -0.39 is 5.82 Å². The van der Waals surface area contributed by atoms with Gasteiger partial charge in [-0.15, -0.1) is 0 Å². The predicted octanol–water partition coefficient (Wildman–Crippen LogP) is 3.86. The van der Waals surface area contributed by atoms with Crippen LogP contribution in [0.4, 0.5) is 4.39 Å². The number of rotatable bonds is 4. The normalized spacial score (nSPS) is 30.9. The average molecular weight is 337 g/mol. The summed E-state index contributed by atoms with van der Waals surface area (Å²) < 4.78 is 13.3. The Kier molecular flexibility index (Phi) is 5.02. The number of aliphatic imine (C=N–C) groups is 1. The van der Waals surface area contributed by atoms with Gasteiger partial charge in [0.2, 0.25) is 0 Å². The number of aliphatic hydroxyl groups is 1. The molecule has 1 aromatic rings.